The van der Waals surface area contributed by atoms with Crippen molar-refractivity contribution in [3.05, 3.63) is 0 Å². The van der Waals surface area contributed by atoms with Gasteiger partial charge < -0.3 is 0 Å². The molecule has 1 nitrogen and oxygen atoms in total. The van der Waals surface area contributed by atoms with Crippen LogP contribution in [0.5, 0.6) is 0 Å². The Hall–Kier alpha value is 0.190. The van der Waals surface area contributed by atoms with E-state index < -0.39 is 0 Å². The van der Waals surface area contributed by atoms with E-state index in [-0.39, 0.29) is 4.58 Å². The molecule has 0 radical (unpaired) electrons. The summed E-state index contributed by atoms with van der Waals surface area (Å²) in [4.78, 5) is 0. The molecule has 0 atom stereocenters. The van der Waals surface area contributed by atoms with E-state index in [4.69, 9.17) is 5.26 Å². The Morgan fingerprint density at radius 1 is 1.60 bits per heavy atom. The highest BCUT2D eigenvalue weighted by Crippen LogP contribution is 2.52. The van der Waals surface area contributed by atoms with E-state index in [2.05, 4.69) is 6.07 Å². The molecule has 0 aromatic rings. The molecule has 5 heavy (non-hydrogen) atoms. The van der Waals surface area contributed by atoms with Crippen molar-refractivity contribution >= 4 is 21.6 Å². The van der Waals surface area contributed by atoms with Crippen molar-refractivity contribution in [2.45, 2.75) is 4.58 Å². The van der Waals surface area contributed by atoms with Crippen LogP contribution in [-0.4, -0.2) is 4.58 Å². The number of hydrogen-bond acceptors (Lipinski definition) is 3. The maximum Gasteiger partial charge on any atom is 0.157 e. The van der Waals surface area contributed by atoms with Crippen LogP contribution >= 0.6 is 21.6 Å². The predicted molar refractivity (Wildman–Crippen MR) is 24.6 cm³/mol. The van der Waals surface area contributed by atoms with Crippen molar-refractivity contribution in [3.8, 4) is 6.07 Å². The van der Waals surface area contributed by atoms with Crippen LogP contribution in [0.2, 0.25) is 0 Å². The maximum absolute atomic E-state index is 7.91. The lowest BCUT2D eigenvalue weighted by atomic mass is 10.9. The molecule has 3 heteroatoms. The zero-order valence-electron chi connectivity index (χ0n) is 2.34. The molecule has 0 aromatic carbocycles. The van der Waals surface area contributed by atoms with E-state index in [0.717, 1.165) is 0 Å². The van der Waals surface area contributed by atoms with Crippen LogP contribution < -0.4 is 0 Å². The zero-order valence-corrected chi connectivity index (χ0v) is 3.97. The molecule has 1 aliphatic heterocycles. The molecule has 0 aliphatic carbocycles. The third kappa shape index (κ3) is 0.746. The van der Waals surface area contributed by atoms with Gasteiger partial charge >= 0.3 is 0 Å². The van der Waals surface area contributed by atoms with Gasteiger partial charge in [-0.2, -0.15) is 5.26 Å². The molecule has 1 saturated heterocycles. The van der Waals surface area contributed by atoms with Crippen molar-refractivity contribution in [2.75, 3.05) is 0 Å². The fraction of sp³-hybridized carbons (Fsp3) is 0.500. The molecule has 0 spiro atoms. The SMILES string of the molecule is N#CC1SS1. The first-order valence-corrected chi connectivity index (χ1v) is 3.43. The minimum atomic E-state index is 0.273. The molecule has 1 fully saturated rings. The lowest BCUT2D eigenvalue weighted by molar-refractivity contribution is 1.48. The summed E-state index contributed by atoms with van der Waals surface area (Å²) in [5.74, 6) is 0. The van der Waals surface area contributed by atoms with E-state index in [1.165, 1.54) is 0 Å². The first kappa shape index (κ1) is 3.38. The van der Waals surface area contributed by atoms with Crippen molar-refractivity contribution in [2.24, 2.45) is 0 Å². The van der Waals surface area contributed by atoms with Gasteiger partial charge in [0.05, 0.1) is 6.07 Å². The maximum atomic E-state index is 7.91. The smallest absolute Gasteiger partial charge is 0.157 e. The monoisotopic (exact) mass is 103 g/mol. The zero-order chi connectivity index (χ0) is 3.70. The molecule has 1 heterocycles. The van der Waals surface area contributed by atoms with Crippen LogP contribution in [0.15, 0.2) is 0 Å². The average molecular weight is 103 g/mol. The molecule has 26 valence electrons. The van der Waals surface area contributed by atoms with Gasteiger partial charge in [0.25, 0.3) is 0 Å². The second-order valence-electron chi connectivity index (χ2n) is 0.653. The van der Waals surface area contributed by atoms with Gasteiger partial charge in [-0.3, -0.25) is 0 Å². The van der Waals surface area contributed by atoms with Gasteiger partial charge in [-0.15, -0.1) is 0 Å². The van der Waals surface area contributed by atoms with Crippen molar-refractivity contribution in [3.63, 3.8) is 0 Å². The Morgan fingerprint density at radius 2 is 2.20 bits per heavy atom. The van der Waals surface area contributed by atoms with Crippen LogP contribution in [0.1, 0.15) is 0 Å². The van der Waals surface area contributed by atoms with Gasteiger partial charge in [-0.25, -0.2) is 0 Å². The average Bonchev–Trinajstić information content (AvgIpc) is 2.12. The van der Waals surface area contributed by atoms with E-state index in [9.17, 15) is 0 Å². The Kier molecular flexibility index (Phi) is 0.753. The summed E-state index contributed by atoms with van der Waals surface area (Å²) in [6.45, 7) is 0. The molecule has 0 unspecified atom stereocenters. The van der Waals surface area contributed by atoms with Gasteiger partial charge in [-0.1, -0.05) is 21.6 Å². The quantitative estimate of drug-likeness (QED) is 0.340. The van der Waals surface area contributed by atoms with E-state index in [1.54, 1.807) is 21.6 Å². The fourth-order valence-corrected chi connectivity index (χ4v) is 0.637. The lowest BCUT2D eigenvalue weighted by Gasteiger charge is -1.46. The minimum absolute atomic E-state index is 0.273. The standard InChI is InChI=1S/C2HNS2/c3-1-2-4-5-2/h2H. The molecule has 0 bridgehead atoms. The predicted octanol–water partition coefficient (Wildman–Crippen LogP) is 1.23. The molecule has 0 amide bonds. The Bertz CT molecular complexity index is 70.2. The lowest BCUT2D eigenvalue weighted by Crippen LogP contribution is -1.56. The Morgan fingerprint density at radius 3 is 2.20 bits per heavy atom. The largest absolute Gasteiger partial charge is 0.196 e. The van der Waals surface area contributed by atoms with Crippen LogP contribution in [0, 0.1) is 11.3 Å². The van der Waals surface area contributed by atoms with Gasteiger partial charge in [0.15, 0.2) is 4.58 Å². The number of nitriles is 1. The highest BCUT2D eigenvalue weighted by molar-refractivity contribution is 8.92. The summed E-state index contributed by atoms with van der Waals surface area (Å²) in [5, 5.41) is 7.91. The van der Waals surface area contributed by atoms with Crippen LogP contribution in [0.3, 0.4) is 0 Å². The summed E-state index contributed by atoms with van der Waals surface area (Å²) in [6, 6.07) is 2.06. The van der Waals surface area contributed by atoms with E-state index >= 15 is 0 Å². The minimum Gasteiger partial charge on any atom is -0.196 e. The van der Waals surface area contributed by atoms with Crippen molar-refractivity contribution < 1.29 is 0 Å². The van der Waals surface area contributed by atoms with Crippen LogP contribution in [0.25, 0.3) is 0 Å². The normalized spacial score (nSPS) is 21.4. The molecule has 1 rings (SSSR count). The number of nitrogens with zero attached hydrogens (tertiary/aromatic N) is 1. The number of hydrogen-bond donors (Lipinski definition) is 0. The Balaban J connectivity index is 2.30. The van der Waals surface area contributed by atoms with Crippen LogP contribution in [0.4, 0.5) is 0 Å². The summed E-state index contributed by atoms with van der Waals surface area (Å²) >= 11 is 0. The summed E-state index contributed by atoms with van der Waals surface area (Å²) in [5.41, 5.74) is 0. The molecule has 1 aliphatic rings. The topological polar surface area (TPSA) is 23.8 Å². The summed E-state index contributed by atoms with van der Waals surface area (Å²) < 4.78 is 0.273. The van der Waals surface area contributed by atoms with Gasteiger partial charge in [-0.05, 0) is 0 Å². The second kappa shape index (κ2) is 1.11. The molecule has 0 saturated carbocycles. The summed E-state index contributed by atoms with van der Waals surface area (Å²) in [6.07, 6.45) is 0. The second-order valence-corrected chi connectivity index (χ2v) is 3.43. The molecule has 0 aromatic heterocycles. The van der Waals surface area contributed by atoms with E-state index in [1.807, 2.05) is 0 Å². The first-order chi connectivity index (χ1) is 2.43. The third-order valence-electron chi connectivity index (χ3n) is 0.298. The fourth-order valence-electron chi connectivity index (χ4n) is 0.0708. The third-order valence-corrected chi connectivity index (χ3v) is 2.05. The molecular weight excluding hydrogens is 102 g/mol. The van der Waals surface area contributed by atoms with Gasteiger partial charge in [0.2, 0.25) is 0 Å². The molecule has 0 N–H and O–H groups in total. The van der Waals surface area contributed by atoms with Crippen molar-refractivity contribution in [1.29, 1.82) is 5.26 Å². The highest BCUT2D eigenvalue weighted by Gasteiger charge is 2.22. The van der Waals surface area contributed by atoms with E-state index in [0.29, 0.717) is 0 Å². The van der Waals surface area contributed by atoms with Crippen LogP contribution in [-0.2, 0) is 0 Å². The van der Waals surface area contributed by atoms with Gasteiger partial charge in [0.1, 0.15) is 0 Å². The van der Waals surface area contributed by atoms with Crippen molar-refractivity contribution in [1.82, 2.24) is 0 Å². The first-order valence-electron chi connectivity index (χ1n) is 1.15. The highest BCUT2D eigenvalue weighted by atomic mass is 33.2. The molecular formula is C2HNS2. The van der Waals surface area contributed by atoms with Gasteiger partial charge in [0, 0.05) is 0 Å². The Labute approximate surface area is 38.1 Å². The number of rotatable bonds is 0. The summed E-state index contributed by atoms with van der Waals surface area (Å²) in [7, 11) is 3.25.